The second-order valence-corrected chi connectivity index (χ2v) is 6.67. The topological polar surface area (TPSA) is 58.6 Å². The highest BCUT2D eigenvalue weighted by molar-refractivity contribution is 7.88. The van der Waals surface area contributed by atoms with Crippen LogP contribution in [0.5, 0.6) is 0 Å². The molecule has 5 nitrogen and oxygen atoms in total. The normalized spacial score (nSPS) is 18.9. The number of nitrogens with one attached hydrogen (secondary N) is 1. The van der Waals surface area contributed by atoms with Gasteiger partial charge in [-0.1, -0.05) is 12.1 Å². The maximum absolute atomic E-state index is 13.4. The Bertz CT molecular complexity index is 544. The van der Waals surface area contributed by atoms with Crippen molar-refractivity contribution in [2.45, 2.75) is 6.04 Å². The smallest absolute Gasteiger partial charge is 0.208 e. The molecule has 1 aliphatic rings. The fraction of sp³-hybridized carbons (Fsp3) is 0.538. The third-order valence-corrected chi connectivity index (χ3v) is 3.95. The van der Waals surface area contributed by atoms with E-state index in [1.165, 1.54) is 12.1 Å². The average Bonchev–Trinajstić information content (AvgIpc) is 2.39. The second-order valence-electron chi connectivity index (χ2n) is 4.84. The lowest BCUT2D eigenvalue weighted by Crippen LogP contribution is -2.43. The van der Waals surface area contributed by atoms with Crippen LogP contribution in [0.2, 0.25) is 0 Å². The summed E-state index contributed by atoms with van der Waals surface area (Å²) in [6, 6.07) is 6.09. The number of hydrogen-bond donors (Lipinski definition) is 1. The highest BCUT2D eigenvalue weighted by Crippen LogP contribution is 2.22. The van der Waals surface area contributed by atoms with Crippen molar-refractivity contribution in [2.75, 3.05) is 39.1 Å². The van der Waals surface area contributed by atoms with E-state index in [1.807, 2.05) is 6.07 Å². The fourth-order valence-corrected chi connectivity index (χ4v) is 2.75. The highest BCUT2D eigenvalue weighted by Gasteiger charge is 2.23. The van der Waals surface area contributed by atoms with Crippen LogP contribution in [-0.4, -0.2) is 52.4 Å². The number of rotatable bonds is 5. The molecule has 7 heteroatoms. The van der Waals surface area contributed by atoms with Gasteiger partial charge in [-0.25, -0.2) is 17.5 Å². The maximum atomic E-state index is 13.4. The molecule has 0 aliphatic carbocycles. The lowest BCUT2D eigenvalue weighted by Gasteiger charge is -2.34. The van der Waals surface area contributed by atoms with Crippen LogP contribution >= 0.6 is 0 Å². The molecule has 20 heavy (non-hydrogen) atoms. The SMILES string of the molecule is CS(=O)(=O)NC[C@@H](c1cccc(F)c1)N1CCOCC1. The number of sulfonamides is 1. The molecule has 1 saturated heterocycles. The van der Waals surface area contributed by atoms with Crippen LogP contribution in [0.4, 0.5) is 4.39 Å². The molecule has 0 radical (unpaired) electrons. The third kappa shape index (κ3) is 4.52. The van der Waals surface area contributed by atoms with E-state index in [0.29, 0.717) is 26.3 Å². The van der Waals surface area contributed by atoms with E-state index in [2.05, 4.69) is 9.62 Å². The molecule has 0 spiro atoms. The molecular weight excluding hydrogens is 283 g/mol. The first-order valence-corrected chi connectivity index (χ1v) is 8.37. The minimum absolute atomic E-state index is 0.190. The average molecular weight is 302 g/mol. The third-order valence-electron chi connectivity index (χ3n) is 3.26. The summed E-state index contributed by atoms with van der Waals surface area (Å²) in [5, 5.41) is 0. The predicted molar refractivity (Wildman–Crippen MR) is 74.4 cm³/mol. The van der Waals surface area contributed by atoms with Crippen LogP contribution in [0.1, 0.15) is 11.6 Å². The van der Waals surface area contributed by atoms with E-state index < -0.39 is 10.0 Å². The van der Waals surface area contributed by atoms with Gasteiger partial charge in [0.05, 0.1) is 19.5 Å². The first kappa shape index (κ1) is 15.4. The number of morpholine rings is 1. The molecule has 112 valence electrons. The number of nitrogens with zero attached hydrogens (tertiary/aromatic N) is 1. The summed E-state index contributed by atoms with van der Waals surface area (Å²) in [6.45, 7) is 2.83. The van der Waals surface area contributed by atoms with Crippen molar-refractivity contribution in [1.82, 2.24) is 9.62 Å². The van der Waals surface area contributed by atoms with E-state index in [0.717, 1.165) is 11.8 Å². The summed E-state index contributed by atoms with van der Waals surface area (Å²) in [7, 11) is -3.28. The van der Waals surface area contributed by atoms with Gasteiger partial charge >= 0.3 is 0 Å². The molecule has 2 rings (SSSR count). The van der Waals surface area contributed by atoms with Gasteiger partial charge in [0, 0.05) is 25.7 Å². The molecule has 0 unspecified atom stereocenters. The highest BCUT2D eigenvalue weighted by atomic mass is 32.2. The Labute approximate surface area is 118 Å². The molecule has 0 saturated carbocycles. The summed E-state index contributed by atoms with van der Waals surface area (Å²) >= 11 is 0. The van der Waals surface area contributed by atoms with Crippen LogP contribution in [0, 0.1) is 5.82 Å². The van der Waals surface area contributed by atoms with Crippen molar-refractivity contribution in [3.8, 4) is 0 Å². The van der Waals surface area contributed by atoms with Crippen LogP contribution in [0.3, 0.4) is 0 Å². The van der Waals surface area contributed by atoms with Crippen molar-refractivity contribution in [2.24, 2.45) is 0 Å². The van der Waals surface area contributed by atoms with Crippen LogP contribution in [0.25, 0.3) is 0 Å². The maximum Gasteiger partial charge on any atom is 0.208 e. The molecule has 1 N–H and O–H groups in total. The number of halogens is 1. The fourth-order valence-electron chi connectivity index (χ4n) is 2.29. The van der Waals surface area contributed by atoms with E-state index in [4.69, 9.17) is 4.74 Å². The van der Waals surface area contributed by atoms with Crippen LogP contribution in [0.15, 0.2) is 24.3 Å². The number of ether oxygens (including phenoxy) is 1. The zero-order chi connectivity index (χ0) is 14.6. The Morgan fingerprint density at radius 1 is 1.40 bits per heavy atom. The standard InChI is InChI=1S/C13H19FN2O3S/c1-20(17,18)15-10-13(16-5-7-19-8-6-16)11-3-2-4-12(14)9-11/h2-4,9,13,15H,5-8,10H2,1H3/t13-/m0/s1. The first-order valence-electron chi connectivity index (χ1n) is 6.47. The summed E-state index contributed by atoms with van der Waals surface area (Å²) in [5.41, 5.74) is 0.767. The Morgan fingerprint density at radius 2 is 2.10 bits per heavy atom. The van der Waals surface area contributed by atoms with Gasteiger partial charge in [-0.15, -0.1) is 0 Å². The van der Waals surface area contributed by atoms with Crippen LogP contribution in [-0.2, 0) is 14.8 Å². The van der Waals surface area contributed by atoms with Crippen molar-refractivity contribution in [3.05, 3.63) is 35.6 Å². The molecule has 1 fully saturated rings. The molecular formula is C13H19FN2O3S. The molecule has 1 aromatic carbocycles. The van der Waals surface area contributed by atoms with Gasteiger partial charge in [-0.05, 0) is 17.7 Å². The second kappa shape index (κ2) is 6.62. The molecule has 1 atom stereocenters. The van der Waals surface area contributed by atoms with Gasteiger partial charge in [0.25, 0.3) is 0 Å². The Balaban J connectivity index is 2.18. The van der Waals surface area contributed by atoms with Gasteiger partial charge in [0.15, 0.2) is 0 Å². The Hall–Kier alpha value is -1.02. The Morgan fingerprint density at radius 3 is 2.70 bits per heavy atom. The summed E-state index contributed by atoms with van der Waals surface area (Å²) in [4.78, 5) is 2.11. The summed E-state index contributed by atoms with van der Waals surface area (Å²) < 4.78 is 43.8. The van der Waals surface area contributed by atoms with Crippen molar-refractivity contribution in [1.29, 1.82) is 0 Å². The number of benzene rings is 1. The summed E-state index contributed by atoms with van der Waals surface area (Å²) in [6.07, 6.45) is 1.12. The molecule has 0 aromatic heterocycles. The van der Waals surface area contributed by atoms with Gasteiger partial charge in [0.1, 0.15) is 5.82 Å². The predicted octanol–water partition coefficient (Wildman–Crippen LogP) is 0.748. The number of hydrogen-bond acceptors (Lipinski definition) is 4. The van der Waals surface area contributed by atoms with E-state index in [-0.39, 0.29) is 18.4 Å². The van der Waals surface area contributed by atoms with E-state index in [1.54, 1.807) is 6.07 Å². The van der Waals surface area contributed by atoms with E-state index in [9.17, 15) is 12.8 Å². The van der Waals surface area contributed by atoms with Crippen molar-refractivity contribution >= 4 is 10.0 Å². The minimum atomic E-state index is -3.28. The van der Waals surface area contributed by atoms with Gasteiger partial charge in [0.2, 0.25) is 10.0 Å². The monoisotopic (exact) mass is 302 g/mol. The lowest BCUT2D eigenvalue weighted by molar-refractivity contribution is 0.0171. The van der Waals surface area contributed by atoms with Crippen LogP contribution < -0.4 is 4.72 Å². The minimum Gasteiger partial charge on any atom is -0.379 e. The molecule has 0 amide bonds. The summed E-state index contributed by atoms with van der Waals surface area (Å²) in [5.74, 6) is -0.319. The largest absolute Gasteiger partial charge is 0.379 e. The zero-order valence-electron chi connectivity index (χ0n) is 11.4. The molecule has 0 bridgehead atoms. The molecule has 1 heterocycles. The van der Waals surface area contributed by atoms with Crippen molar-refractivity contribution < 1.29 is 17.5 Å². The quantitative estimate of drug-likeness (QED) is 0.872. The van der Waals surface area contributed by atoms with Gasteiger partial charge in [-0.2, -0.15) is 0 Å². The lowest BCUT2D eigenvalue weighted by atomic mass is 10.0. The van der Waals surface area contributed by atoms with Gasteiger partial charge in [-0.3, -0.25) is 4.90 Å². The Kier molecular flexibility index (Phi) is 5.09. The zero-order valence-corrected chi connectivity index (χ0v) is 12.2. The molecule has 1 aliphatic heterocycles. The van der Waals surface area contributed by atoms with Crippen molar-refractivity contribution in [3.63, 3.8) is 0 Å². The van der Waals surface area contributed by atoms with E-state index >= 15 is 0 Å². The van der Waals surface area contributed by atoms with Gasteiger partial charge < -0.3 is 4.74 Å². The first-order chi connectivity index (χ1) is 9.46. The molecule has 1 aromatic rings.